The molecule has 6 nitrogen and oxygen atoms in total. The summed E-state index contributed by atoms with van der Waals surface area (Å²) in [6, 6.07) is 0. The van der Waals surface area contributed by atoms with Crippen LogP contribution in [0.25, 0.3) is 0 Å². The van der Waals surface area contributed by atoms with E-state index in [4.69, 9.17) is 0 Å². The Labute approximate surface area is 87.6 Å². The molecule has 0 aliphatic carbocycles. The Bertz CT molecular complexity index is 364. The molecule has 0 aromatic heterocycles. The Morgan fingerprint density at radius 3 is 3.33 bits per heavy atom. The van der Waals surface area contributed by atoms with Gasteiger partial charge in [-0.3, -0.25) is 19.7 Å². The second-order valence-corrected chi connectivity index (χ2v) is 4.00. The lowest BCUT2D eigenvalue weighted by Gasteiger charge is -2.39. The monoisotopic (exact) mass is 207 g/mol. The summed E-state index contributed by atoms with van der Waals surface area (Å²) in [5.74, 6) is 0.669. The van der Waals surface area contributed by atoms with Gasteiger partial charge in [-0.25, -0.2) is 0 Å². The molecule has 3 aliphatic rings. The highest BCUT2D eigenvalue weighted by atomic mass is 16.2. The summed E-state index contributed by atoms with van der Waals surface area (Å²) in [5, 5.41) is 9.16. The molecule has 0 spiro atoms. The minimum atomic E-state index is -0.160. The highest BCUT2D eigenvalue weighted by molar-refractivity contribution is 6.07. The van der Waals surface area contributed by atoms with Gasteiger partial charge in [0.05, 0.1) is 0 Å². The molecule has 6 heteroatoms. The van der Waals surface area contributed by atoms with E-state index < -0.39 is 0 Å². The van der Waals surface area contributed by atoms with Crippen LogP contribution in [-0.2, 0) is 4.79 Å². The minimum absolute atomic E-state index is 0.0504. The Morgan fingerprint density at radius 1 is 1.60 bits per heavy atom. The molecule has 0 bridgehead atoms. The van der Waals surface area contributed by atoms with Gasteiger partial charge in [-0.2, -0.15) is 5.10 Å². The van der Waals surface area contributed by atoms with E-state index in [1.165, 1.54) is 0 Å². The number of hydrogen-bond donors (Lipinski definition) is 1. The fourth-order valence-electron chi connectivity index (χ4n) is 2.20. The van der Waals surface area contributed by atoms with Crippen molar-refractivity contribution in [1.82, 2.24) is 15.2 Å². The molecule has 1 amide bonds. The van der Waals surface area contributed by atoms with E-state index in [0.29, 0.717) is 5.96 Å². The van der Waals surface area contributed by atoms with Gasteiger partial charge in [0.2, 0.25) is 11.9 Å². The van der Waals surface area contributed by atoms with Gasteiger partial charge in [0.15, 0.2) is 0 Å². The van der Waals surface area contributed by atoms with Crippen molar-refractivity contribution in [3.05, 3.63) is 0 Å². The van der Waals surface area contributed by atoms with Crippen molar-refractivity contribution in [3.63, 3.8) is 0 Å². The zero-order chi connectivity index (χ0) is 10.4. The fraction of sp³-hybridized carbons (Fsp3) is 0.667. The first-order valence-electron chi connectivity index (χ1n) is 5.17. The second-order valence-electron chi connectivity index (χ2n) is 4.00. The van der Waals surface area contributed by atoms with E-state index in [-0.39, 0.29) is 18.0 Å². The number of nitrogens with one attached hydrogen (secondary N) is 1. The van der Waals surface area contributed by atoms with Gasteiger partial charge in [-0.15, -0.1) is 0 Å². The highest BCUT2D eigenvalue weighted by Gasteiger charge is 2.43. The van der Waals surface area contributed by atoms with E-state index >= 15 is 0 Å². The van der Waals surface area contributed by atoms with Crippen LogP contribution in [0, 0.1) is 5.92 Å². The smallest absolute Gasteiger partial charge is 0.241 e. The van der Waals surface area contributed by atoms with E-state index in [9.17, 15) is 4.79 Å². The number of carbonyl (C=O) groups excluding carboxylic acids is 1. The van der Waals surface area contributed by atoms with Gasteiger partial charge >= 0.3 is 0 Å². The number of fused-ring (bicyclic) bond motifs is 2. The van der Waals surface area contributed by atoms with Crippen molar-refractivity contribution < 1.29 is 4.79 Å². The molecule has 0 aromatic carbocycles. The maximum Gasteiger partial charge on any atom is 0.241 e. The third kappa shape index (κ3) is 1.14. The Morgan fingerprint density at radius 2 is 2.47 bits per heavy atom. The highest BCUT2D eigenvalue weighted by Crippen LogP contribution is 2.22. The molecule has 2 atom stereocenters. The number of amides is 1. The van der Waals surface area contributed by atoms with E-state index in [1.807, 2.05) is 7.05 Å². The molecule has 2 unspecified atom stereocenters. The van der Waals surface area contributed by atoms with Crippen molar-refractivity contribution in [2.75, 3.05) is 20.1 Å². The minimum Gasteiger partial charge on any atom is -0.333 e. The van der Waals surface area contributed by atoms with Gasteiger partial charge in [0, 0.05) is 26.4 Å². The molecule has 0 saturated carbocycles. The molecule has 1 fully saturated rings. The van der Waals surface area contributed by atoms with Gasteiger partial charge in [0.25, 0.3) is 0 Å². The van der Waals surface area contributed by atoms with Gasteiger partial charge < -0.3 is 5.32 Å². The summed E-state index contributed by atoms with van der Waals surface area (Å²) >= 11 is 0. The maximum absolute atomic E-state index is 12.1. The summed E-state index contributed by atoms with van der Waals surface area (Å²) in [5.41, 5.74) is 0. The lowest BCUT2D eigenvalue weighted by atomic mass is 10.0. The number of aliphatic imine (C=N–C) groups is 1. The average molecular weight is 207 g/mol. The number of hydrazone groups is 1. The van der Waals surface area contributed by atoms with Crippen LogP contribution in [0.4, 0.5) is 0 Å². The number of carbonyl (C=O) groups is 1. The van der Waals surface area contributed by atoms with E-state index in [2.05, 4.69) is 15.4 Å². The van der Waals surface area contributed by atoms with Crippen LogP contribution in [0.1, 0.15) is 6.42 Å². The van der Waals surface area contributed by atoms with Crippen LogP contribution in [0.3, 0.4) is 0 Å². The molecule has 3 aliphatic heterocycles. The Kier molecular flexibility index (Phi) is 1.71. The van der Waals surface area contributed by atoms with Crippen LogP contribution in [0.2, 0.25) is 0 Å². The number of guanidine groups is 1. The first-order valence-corrected chi connectivity index (χ1v) is 5.17. The molecule has 0 radical (unpaired) electrons. The van der Waals surface area contributed by atoms with Crippen molar-refractivity contribution in [1.29, 1.82) is 0 Å². The van der Waals surface area contributed by atoms with Crippen molar-refractivity contribution in [2.24, 2.45) is 16.0 Å². The predicted octanol–water partition coefficient (Wildman–Crippen LogP) is -0.949. The van der Waals surface area contributed by atoms with E-state index in [1.54, 1.807) is 16.1 Å². The molecule has 15 heavy (non-hydrogen) atoms. The van der Waals surface area contributed by atoms with Crippen LogP contribution in [-0.4, -0.2) is 54.3 Å². The number of hydrogen-bond acceptors (Lipinski definition) is 5. The summed E-state index contributed by atoms with van der Waals surface area (Å²) in [7, 11) is 1.86. The molecule has 3 rings (SSSR count). The summed E-state index contributed by atoms with van der Waals surface area (Å²) in [6.07, 6.45) is 2.61. The fourth-order valence-corrected chi connectivity index (χ4v) is 2.20. The third-order valence-corrected chi connectivity index (χ3v) is 3.04. The van der Waals surface area contributed by atoms with Crippen molar-refractivity contribution in [2.45, 2.75) is 12.6 Å². The number of rotatable bonds is 0. The normalized spacial score (nSPS) is 33.4. The van der Waals surface area contributed by atoms with Crippen LogP contribution in [0.5, 0.6) is 0 Å². The molecular weight excluding hydrogens is 194 g/mol. The quantitative estimate of drug-likeness (QED) is 0.557. The summed E-state index contributed by atoms with van der Waals surface area (Å²) < 4.78 is 0. The molecule has 0 aromatic rings. The summed E-state index contributed by atoms with van der Waals surface area (Å²) in [6.45, 7) is 1.57. The van der Waals surface area contributed by atoms with Crippen LogP contribution < -0.4 is 5.32 Å². The van der Waals surface area contributed by atoms with Crippen molar-refractivity contribution in [3.8, 4) is 0 Å². The van der Waals surface area contributed by atoms with Crippen molar-refractivity contribution >= 4 is 18.1 Å². The largest absolute Gasteiger partial charge is 0.333 e. The Balaban J connectivity index is 1.94. The average Bonchev–Trinajstić information content (AvgIpc) is 2.62. The zero-order valence-corrected chi connectivity index (χ0v) is 8.55. The lowest BCUT2D eigenvalue weighted by Crippen LogP contribution is -2.63. The maximum atomic E-state index is 12.1. The van der Waals surface area contributed by atoms with E-state index in [0.717, 1.165) is 19.5 Å². The Hall–Kier alpha value is -1.59. The van der Waals surface area contributed by atoms with Crippen LogP contribution in [0.15, 0.2) is 10.1 Å². The topological polar surface area (TPSA) is 60.3 Å². The molecule has 3 heterocycles. The first kappa shape index (κ1) is 8.70. The zero-order valence-electron chi connectivity index (χ0n) is 8.55. The molecule has 80 valence electrons. The van der Waals surface area contributed by atoms with Gasteiger partial charge in [-0.1, -0.05) is 0 Å². The van der Waals surface area contributed by atoms with Gasteiger partial charge in [-0.05, 0) is 6.42 Å². The molecule has 1 saturated heterocycles. The van der Waals surface area contributed by atoms with Crippen LogP contribution >= 0.6 is 0 Å². The standard InChI is InChI=1S/C9H13N5O/c1-13-7-6(5-11-13)8(15)14-4-2-3-10-9(14)12-7/h5-7H,2-4H2,1H3,(H,10,12). The third-order valence-electron chi connectivity index (χ3n) is 3.04. The molecule has 1 N–H and O–H groups in total. The SMILES string of the molecule is CN1N=CC2C(=O)N3CCCN=C3NC21. The first-order chi connectivity index (χ1) is 7.27. The lowest BCUT2D eigenvalue weighted by molar-refractivity contribution is -0.132. The second kappa shape index (κ2) is 2.95. The molecular formula is C9H13N5O. The number of nitrogens with zero attached hydrogens (tertiary/aromatic N) is 4. The predicted molar refractivity (Wildman–Crippen MR) is 55.3 cm³/mol. The summed E-state index contributed by atoms with van der Waals surface area (Å²) in [4.78, 5) is 18.1. The van der Waals surface area contributed by atoms with Gasteiger partial charge in [0.1, 0.15) is 12.1 Å².